The Labute approximate surface area is 308 Å². The molecule has 0 radical (unpaired) electrons. The first-order valence-electron chi connectivity index (χ1n) is 20.4. The molecule has 0 aromatic rings. The van der Waals surface area contributed by atoms with Crippen molar-refractivity contribution in [2.75, 3.05) is 40.9 Å². The molecule has 3 atom stereocenters. The van der Waals surface area contributed by atoms with E-state index >= 15 is 0 Å². The maximum atomic E-state index is 12.8. The molecule has 0 saturated carbocycles. The van der Waals surface area contributed by atoms with Crippen LogP contribution < -0.4 is 10.2 Å². The Morgan fingerprint density at radius 3 is 1.68 bits per heavy atom. The van der Waals surface area contributed by atoms with Gasteiger partial charge >= 0.3 is 0 Å². The molecule has 2 N–H and O–H groups in total. The molecule has 0 spiro atoms. The number of rotatable bonds is 36. The van der Waals surface area contributed by atoms with Crippen LogP contribution in [0.3, 0.4) is 0 Å². The van der Waals surface area contributed by atoms with E-state index < -0.39 is 26.6 Å². The van der Waals surface area contributed by atoms with Crippen LogP contribution in [0.4, 0.5) is 0 Å². The number of nitrogens with one attached hydrogen (secondary N) is 1. The number of allylic oxidation sites excluding steroid dienone is 5. The summed E-state index contributed by atoms with van der Waals surface area (Å²) in [5, 5.41) is 13.7. The normalized spacial score (nSPS) is 14.9. The maximum absolute atomic E-state index is 12.8. The van der Waals surface area contributed by atoms with E-state index in [4.69, 9.17) is 9.05 Å². The fraction of sp³-hybridized carbons (Fsp3) is 0.829. The molecule has 9 heteroatoms. The van der Waals surface area contributed by atoms with Crippen molar-refractivity contribution in [3.8, 4) is 0 Å². The number of carbonyl (C=O) groups excluding carboxylic acids is 1. The molecule has 0 rings (SSSR count). The van der Waals surface area contributed by atoms with Gasteiger partial charge in [-0.3, -0.25) is 9.36 Å². The van der Waals surface area contributed by atoms with Crippen LogP contribution in [0.1, 0.15) is 168 Å². The van der Waals surface area contributed by atoms with Gasteiger partial charge in [-0.2, -0.15) is 0 Å². The smallest absolute Gasteiger partial charge is 0.268 e. The third-order valence-corrected chi connectivity index (χ3v) is 9.79. The minimum Gasteiger partial charge on any atom is -0.756 e. The summed E-state index contributed by atoms with van der Waals surface area (Å²) in [6.45, 7) is 4.56. The predicted molar refractivity (Wildman–Crippen MR) is 210 cm³/mol. The maximum Gasteiger partial charge on any atom is 0.268 e. The van der Waals surface area contributed by atoms with Gasteiger partial charge < -0.3 is 28.8 Å². The highest BCUT2D eigenvalue weighted by Crippen LogP contribution is 2.38. The number of nitrogens with zero attached hydrogens (tertiary/aromatic N) is 1. The summed E-state index contributed by atoms with van der Waals surface area (Å²) in [7, 11) is 1.23. The molecule has 0 aliphatic carbocycles. The van der Waals surface area contributed by atoms with Gasteiger partial charge in [0.25, 0.3) is 7.82 Å². The van der Waals surface area contributed by atoms with Gasteiger partial charge in [0.15, 0.2) is 0 Å². The molecule has 8 nitrogen and oxygen atoms in total. The van der Waals surface area contributed by atoms with Crippen molar-refractivity contribution in [1.29, 1.82) is 0 Å². The van der Waals surface area contributed by atoms with Gasteiger partial charge in [0.1, 0.15) is 13.2 Å². The monoisotopic (exact) mass is 727 g/mol. The van der Waals surface area contributed by atoms with Gasteiger partial charge in [-0.15, -0.1) is 0 Å². The highest BCUT2D eigenvalue weighted by atomic mass is 31.2. The number of quaternary nitrogens is 1. The Morgan fingerprint density at radius 2 is 1.14 bits per heavy atom. The first kappa shape index (κ1) is 48.7. The van der Waals surface area contributed by atoms with Crippen LogP contribution in [0.25, 0.3) is 0 Å². The van der Waals surface area contributed by atoms with Gasteiger partial charge in [0.2, 0.25) is 5.91 Å². The van der Waals surface area contributed by atoms with Crippen LogP contribution in [-0.4, -0.2) is 68.5 Å². The Hall–Kier alpha value is -1.28. The summed E-state index contributed by atoms with van der Waals surface area (Å²) < 4.78 is 23.1. The Balaban J connectivity index is 4.54. The highest BCUT2D eigenvalue weighted by molar-refractivity contribution is 7.45. The third kappa shape index (κ3) is 35.1. The summed E-state index contributed by atoms with van der Waals surface area (Å²) >= 11 is 0. The van der Waals surface area contributed by atoms with Gasteiger partial charge in [-0.1, -0.05) is 147 Å². The number of phosphoric ester groups is 1. The second-order valence-electron chi connectivity index (χ2n) is 15.0. The fourth-order valence-electron chi connectivity index (χ4n) is 5.50. The molecule has 3 unspecified atom stereocenters. The lowest BCUT2D eigenvalue weighted by molar-refractivity contribution is -0.870. The SMILES string of the molecule is CCCC/C=C\CCCCCCCC(=O)NC(COP(=O)([O-])OCC[N+](C)(C)C)C(O)/C=C/CC/C=C/CCCCCCCCCCCCC. The second kappa shape index (κ2) is 33.5. The summed E-state index contributed by atoms with van der Waals surface area (Å²) in [6.07, 6.45) is 39.1. The van der Waals surface area contributed by atoms with E-state index in [2.05, 4.69) is 43.5 Å². The van der Waals surface area contributed by atoms with Crippen molar-refractivity contribution in [3.63, 3.8) is 0 Å². The molecule has 294 valence electrons. The average molecular weight is 727 g/mol. The zero-order valence-corrected chi connectivity index (χ0v) is 34.0. The molecule has 0 aromatic carbocycles. The van der Waals surface area contributed by atoms with Crippen LogP contribution in [0.2, 0.25) is 0 Å². The topological polar surface area (TPSA) is 108 Å². The number of hydrogen-bond donors (Lipinski definition) is 2. The number of unbranched alkanes of at least 4 members (excludes halogenated alkanes) is 19. The average Bonchev–Trinajstić information content (AvgIpc) is 3.06. The summed E-state index contributed by atoms with van der Waals surface area (Å²) in [5.41, 5.74) is 0. The van der Waals surface area contributed by atoms with Gasteiger partial charge in [-0.05, 0) is 51.4 Å². The molecule has 1 amide bonds. The quantitative estimate of drug-likeness (QED) is 0.0288. The Bertz CT molecular complexity index is 917. The number of aliphatic hydroxyl groups excluding tert-OH is 1. The second-order valence-corrected chi connectivity index (χ2v) is 16.4. The number of hydrogen-bond acceptors (Lipinski definition) is 6. The molecular formula is C41H79N2O6P. The van der Waals surface area contributed by atoms with E-state index in [9.17, 15) is 19.4 Å². The zero-order chi connectivity index (χ0) is 37.2. The lowest BCUT2D eigenvalue weighted by atomic mass is 10.1. The number of phosphoric acid groups is 1. The van der Waals surface area contributed by atoms with E-state index in [0.29, 0.717) is 17.4 Å². The Morgan fingerprint density at radius 1 is 0.680 bits per heavy atom. The summed E-state index contributed by atoms with van der Waals surface area (Å²) in [6, 6.07) is -0.904. The number of carbonyl (C=O) groups is 1. The van der Waals surface area contributed by atoms with Gasteiger partial charge in [0.05, 0.1) is 39.9 Å². The lowest BCUT2D eigenvalue weighted by Crippen LogP contribution is -2.45. The number of aliphatic hydroxyl groups is 1. The van der Waals surface area contributed by atoms with Crippen molar-refractivity contribution in [3.05, 3.63) is 36.5 Å². The first-order chi connectivity index (χ1) is 24.0. The van der Waals surface area contributed by atoms with Gasteiger partial charge in [-0.25, -0.2) is 0 Å². The number of likely N-dealkylation sites (N-methyl/N-ethyl adjacent to an activating group) is 1. The van der Waals surface area contributed by atoms with Crippen LogP contribution in [0.15, 0.2) is 36.5 Å². The largest absolute Gasteiger partial charge is 0.756 e. The molecule has 0 bridgehead atoms. The standard InChI is InChI=1S/C41H79N2O6P/c1-6-8-10-12-14-16-18-19-20-21-22-23-25-26-28-30-32-34-40(44)39(38-49-50(46,47)48-37-36-43(3,4)5)42-41(45)35-33-31-29-27-24-17-15-13-11-9-7-2/h13,15,25-26,32,34,39-40,44H,6-12,14,16-24,27-31,33,35-38H2,1-5H3,(H-,42,45,46,47)/b15-13-,26-25+,34-32+. The fourth-order valence-corrected chi connectivity index (χ4v) is 6.22. The Kier molecular flexibility index (Phi) is 32.7. The van der Waals surface area contributed by atoms with Crippen LogP contribution in [0.5, 0.6) is 0 Å². The molecule has 50 heavy (non-hydrogen) atoms. The third-order valence-electron chi connectivity index (χ3n) is 8.82. The first-order valence-corrected chi connectivity index (χ1v) is 21.8. The molecule has 0 aliphatic heterocycles. The minimum absolute atomic E-state index is 0.00826. The van der Waals surface area contributed by atoms with E-state index in [1.54, 1.807) is 6.08 Å². The number of amides is 1. The van der Waals surface area contributed by atoms with E-state index in [0.717, 1.165) is 64.2 Å². The predicted octanol–water partition coefficient (Wildman–Crippen LogP) is 10.1. The van der Waals surface area contributed by atoms with E-state index in [1.165, 1.54) is 83.5 Å². The van der Waals surface area contributed by atoms with Gasteiger partial charge in [0, 0.05) is 6.42 Å². The van der Waals surface area contributed by atoms with Crippen LogP contribution in [0, 0.1) is 0 Å². The van der Waals surface area contributed by atoms with Crippen molar-refractivity contribution in [2.45, 2.75) is 180 Å². The van der Waals surface area contributed by atoms with Crippen molar-refractivity contribution >= 4 is 13.7 Å². The van der Waals surface area contributed by atoms with E-state index in [1.807, 2.05) is 27.2 Å². The summed E-state index contributed by atoms with van der Waals surface area (Å²) in [5.74, 6) is -0.220. The molecule has 0 saturated heterocycles. The summed E-state index contributed by atoms with van der Waals surface area (Å²) in [4.78, 5) is 25.1. The lowest BCUT2D eigenvalue weighted by Gasteiger charge is -2.29. The van der Waals surface area contributed by atoms with Crippen molar-refractivity contribution < 1.29 is 32.9 Å². The van der Waals surface area contributed by atoms with Crippen molar-refractivity contribution in [1.82, 2.24) is 5.32 Å². The molecule has 0 fully saturated rings. The molecule has 0 aliphatic rings. The zero-order valence-electron chi connectivity index (χ0n) is 33.1. The molecular weight excluding hydrogens is 647 g/mol. The van der Waals surface area contributed by atoms with E-state index in [-0.39, 0.29) is 12.5 Å². The molecule has 0 heterocycles. The minimum atomic E-state index is -4.59. The highest BCUT2D eigenvalue weighted by Gasteiger charge is 2.23. The van der Waals surface area contributed by atoms with Crippen molar-refractivity contribution in [2.24, 2.45) is 0 Å². The molecule has 0 aromatic heterocycles. The van der Waals surface area contributed by atoms with Crippen LogP contribution >= 0.6 is 7.82 Å². The van der Waals surface area contributed by atoms with Crippen LogP contribution in [-0.2, 0) is 18.4 Å².